The van der Waals surface area contributed by atoms with Gasteiger partial charge in [0.25, 0.3) is 0 Å². The van der Waals surface area contributed by atoms with Crippen LogP contribution in [0.1, 0.15) is 6.42 Å². The van der Waals surface area contributed by atoms with Crippen LogP contribution in [0.5, 0.6) is 0 Å². The van der Waals surface area contributed by atoms with E-state index >= 15 is 0 Å². The smallest absolute Gasteiger partial charge is 0.244 e. The Morgan fingerprint density at radius 2 is 2.20 bits per heavy atom. The lowest BCUT2D eigenvalue weighted by Crippen LogP contribution is -2.30. The fourth-order valence-corrected chi connectivity index (χ4v) is 4.33. The lowest BCUT2D eigenvalue weighted by Gasteiger charge is -2.17. The largest absolute Gasteiger partial charge is 0.319 e. The predicted octanol–water partition coefficient (Wildman–Crippen LogP) is 2.13. The summed E-state index contributed by atoms with van der Waals surface area (Å²) in [5, 5.41) is 2.97. The fraction of sp³-hybridized carbons (Fsp3) is 0.500. The Bertz CT molecular complexity index is 569. The van der Waals surface area contributed by atoms with Crippen molar-refractivity contribution >= 4 is 34.0 Å². The number of sulfonamides is 1. The van der Waals surface area contributed by atoms with Crippen LogP contribution >= 0.6 is 24.0 Å². The molecule has 1 saturated heterocycles. The van der Waals surface area contributed by atoms with Gasteiger partial charge in [0.15, 0.2) is 0 Å². The molecule has 114 valence electrons. The van der Waals surface area contributed by atoms with Gasteiger partial charge in [-0.25, -0.2) is 12.8 Å². The summed E-state index contributed by atoms with van der Waals surface area (Å²) < 4.78 is 39.2. The molecule has 0 aliphatic carbocycles. The maximum Gasteiger partial charge on any atom is 0.244 e. The van der Waals surface area contributed by atoms with Crippen molar-refractivity contribution in [3.63, 3.8) is 0 Å². The summed E-state index contributed by atoms with van der Waals surface area (Å²) in [5.74, 6) is -0.238. The average molecular weight is 343 g/mol. The quantitative estimate of drug-likeness (QED) is 0.911. The van der Waals surface area contributed by atoms with Crippen LogP contribution in [-0.4, -0.2) is 39.4 Å². The minimum atomic E-state index is -3.63. The van der Waals surface area contributed by atoms with E-state index in [0.29, 0.717) is 19.0 Å². The molecular weight excluding hydrogens is 326 g/mol. The van der Waals surface area contributed by atoms with Crippen LogP contribution in [0.25, 0.3) is 0 Å². The third kappa shape index (κ3) is 3.62. The molecule has 1 unspecified atom stereocenters. The van der Waals surface area contributed by atoms with Crippen molar-refractivity contribution in [2.75, 3.05) is 26.7 Å². The highest BCUT2D eigenvalue weighted by Gasteiger charge is 2.33. The van der Waals surface area contributed by atoms with Crippen molar-refractivity contribution in [3.05, 3.63) is 29.0 Å². The molecule has 1 N–H and O–H groups in total. The number of halogens is 3. The van der Waals surface area contributed by atoms with Crippen molar-refractivity contribution in [2.45, 2.75) is 11.3 Å². The molecule has 0 amide bonds. The highest BCUT2D eigenvalue weighted by atomic mass is 35.5. The molecule has 0 radical (unpaired) electrons. The number of nitrogens with one attached hydrogen (secondary N) is 1. The first-order valence-electron chi connectivity index (χ1n) is 6.05. The van der Waals surface area contributed by atoms with Gasteiger partial charge in [-0.3, -0.25) is 0 Å². The highest BCUT2D eigenvalue weighted by molar-refractivity contribution is 7.89. The van der Waals surface area contributed by atoms with Crippen LogP contribution in [0.2, 0.25) is 5.02 Å². The molecule has 1 aromatic rings. The Morgan fingerprint density at radius 3 is 2.80 bits per heavy atom. The third-order valence-electron chi connectivity index (χ3n) is 3.25. The van der Waals surface area contributed by atoms with Crippen LogP contribution in [0.4, 0.5) is 4.39 Å². The van der Waals surface area contributed by atoms with Gasteiger partial charge in [-0.1, -0.05) is 11.6 Å². The topological polar surface area (TPSA) is 49.4 Å². The molecule has 20 heavy (non-hydrogen) atoms. The Balaban J connectivity index is 0.00000200. The SMILES string of the molecule is CNCC1CCN(S(=O)(=O)c2ccc(F)cc2Cl)C1.Cl. The molecule has 1 fully saturated rings. The van der Waals surface area contributed by atoms with E-state index in [1.54, 1.807) is 0 Å². The second-order valence-corrected chi connectivity index (χ2v) is 6.96. The molecule has 1 aliphatic heterocycles. The number of rotatable bonds is 4. The lowest BCUT2D eigenvalue weighted by atomic mass is 10.1. The standard InChI is InChI=1S/C12H16ClFN2O2S.ClH/c1-15-7-9-4-5-16(8-9)19(17,18)12-3-2-10(14)6-11(12)13;/h2-3,6,9,15H,4-5,7-8H2,1H3;1H. The van der Waals surface area contributed by atoms with Gasteiger partial charge in [0, 0.05) is 13.1 Å². The molecule has 2 rings (SSSR count). The summed E-state index contributed by atoms with van der Waals surface area (Å²) in [7, 11) is -1.79. The summed E-state index contributed by atoms with van der Waals surface area (Å²) in [6, 6.07) is 3.36. The number of hydrogen-bond donors (Lipinski definition) is 1. The van der Waals surface area contributed by atoms with E-state index < -0.39 is 15.8 Å². The van der Waals surface area contributed by atoms with Gasteiger partial charge in [0.05, 0.1) is 5.02 Å². The van der Waals surface area contributed by atoms with Gasteiger partial charge in [0.2, 0.25) is 10.0 Å². The Morgan fingerprint density at radius 1 is 1.50 bits per heavy atom. The number of nitrogens with zero attached hydrogens (tertiary/aromatic N) is 1. The monoisotopic (exact) mass is 342 g/mol. The first-order valence-corrected chi connectivity index (χ1v) is 7.86. The molecule has 8 heteroatoms. The van der Waals surface area contributed by atoms with E-state index in [-0.39, 0.29) is 22.3 Å². The molecule has 4 nitrogen and oxygen atoms in total. The van der Waals surface area contributed by atoms with Crippen LogP contribution < -0.4 is 5.32 Å². The normalized spacial score (nSPS) is 19.9. The van der Waals surface area contributed by atoms with Gasteiger partial charge >= 0.3 is 0 Å². The molecule has 1 aromatic carbocycles. The van der Waals surface area contributed by atoms with Gasteiger partial charge in [-0.15, -0.1) is 12.4 Å². The second kappa shape index (κ2) is 7.04. The first kappa shape index (κ1) is 17.7. The molecule has 0 aromatic heterocycles. The summed E-state index contributed by atoms with van der Waals surface area (Å²) in [4.78, 5) is -0.0272. The maximum atomic E-state index is 13.0. The van der Waals surface area contributed by atoms with Crippen molar-refractivity contribution in [3.8, 4) is 0 Å². The zero-order chi connectivity index (χ0) is 14.0. The van der Waals surface area contributed by atoms with E-state index in [0.717, 1.165) is 25.1 Å². The van der Waals surface area contributed by atoms with Crippen molar-refractivity contribution in [1.29, 1.82) is 0 Å². The van der Waals surface area contributed by atoms with Gasteiger partial charge in [0.1, 0.15) is 10.7 Å². The van der Waals surface area contributed by atoms with Gasteiger partial charge in [-0.05, 0) is 44.1 Å². The Hall–Kier alpha value is -0.400. The molecule has 1 atom stereocenters. The molecule has 0 saturated carbocycles. The predicted molar refractivity (Wildman–Crippen MR) is 79.5 cm³/mol. The summed E-state index contributed by atoms with van der Waals surface area (Å²) in [5.41, 5.74) is 0. The van der Waals surface area contributed by atoms with Gasteiger partial charge in [-0.2, -0.15) is 4.31 Å². The van der Waals surface area contributed by atoms with Crippen LogP contribution in [0, 0.1) is 11.7 Å². The van der Waals surface area contributed by atoms with Gasteiger partial charge < -0.3 is 5.32 Å². The number of hydrogen-bond acceptors (Lipinski definition) is 3. The second-order valence-electron chi connectivity index (χ2n) is 4.65. The Kier molecular flexibility index (Phi) is 6.22. The maximum absolute atomic E-state index is 13.0. The van der Waals surface area contributed by atoms with Crippen molar-refractivity contribution < 1.29 is 12.8 Å². The third-order valence-corrected chi connectivity index (χ3v) is 5.60. The zero-order valence-electron chi connectivity index (χ0n) is 11.0. The zero-order valence-corrected chi connectivity index (χ0v) is 13.4. The molecule has 1 heterocycles. The minimum absolute atomic E-state index is 0. The van der Waals surface area contributed by atoms with Crippen LogP contribution in [0.3, 0.4) is 0 Å². The first-order chi connectivity index (χ1) is 8.95. The van der Waals surface area contributed by atoms with Crippen molar-refractivity contribution in [1.82, 2.24) is 9.62 Å². The number of benzene rings is 1. The molecule has 1 aliphatic rings. The van der Waals surface area contributed by atoms with Crippen LogP contribution in [0.15, 0.2) is 23.1 Å². The average Bonchev–Trinajstić information content (AvgIpc) is 2.78. The van der Waals surface area contributed by atoms with E-state index in [1.807, 2.05) is 7.05 Å². The van der Waals surface area contributed by atoms with Crippen molar-refractivity contribution in [2.24, 2.45) is 5.92 Å². The molecule has 0 bridgehead atoms. The van der Waals surface area contributed by atoms with Crippen LogP contribution in [-0.2, 0) is 10.0 Å². The highest BCUT2D eigenvalue weighted by Crippen LogP contribution is 2.29. The summed E-state index contributed by atoms with van der Waals surface area (Å²) >= 11 is 5.83. The molecule has 0 spiro atoms. The summed E-state index contributed by atoms with van der Waals surface area (Å²) in [6.07, 6.45) is 0.818. The Labute approximate surface area is 129 Å². The molecular formula is C12H17Cl2FN2O2S. The van der Waals surface area contributed by atoms with E-state index in [1.165, 1.54) is 10.4 Å². The van der Waals surface area contributed by atoms with E-state index in [2.05, 4.69) is 5.32 Å². The lowest BCUT2D eigenvalue weighted by molar-refractivity contribution is 0.451. The van der Waals surface area contributed by atoms with E-state index in [9.17, 15) is 12.8 Å². The fourth-order valence-electron chi connectivity index (χ4n) is 2.29. The van der Waals surface area contributed by atoms with E-state index in [4.69, 9.17) is 11.6 Å². The minimum Gasteiger partial charge on any atom is -0.319 e. The summed E-state index contributed by atoms with van der Waals surface area (Å²) in [6.45, 7) is 1.72.